The lowest BCUT2D eigenvalue weighted by atomic mass is 10.1. The lowest BCUT2D eigenvalue weighted by Crippen LogP contribution is -2.50. The average molecular weight is 421 g/mol. The summed E-state index contributed by atoms with van der Waals surface area (Å²) in [6, 6.07) is 15.3. The average Bonchev–Trinajstić information content (AvgIpc) is 3.34. The van der Waals surface area contributed by atoms with Gasteiger partial charge in [0.05, 0.1) is 16.8 Å². The molecule has 2 heterocycles. The maximum absolute atomic E-state index is 12.9. The Morgan fingerprint density at radius 2 is 1.70 bits per heavy atom. The summed E-state index contributed by atoms with van der Waals surface area (Å²) in [5.74, 6) is -0.137. The van der Waals surface area contributed by atoms with Crippen LogP contribution in [0.1, 0.15) is 15.9 Å². The van der Waals surface area contributed by atoms with Crippen molar-refractivity contribution >= 4 is 15.9 Å². The van der Waals surface area contributed by atoms with Gasteiger partial charge in [-0.1, -0.05) is 12.1 Å². The van der Waals surface area contributed by atoms with Crippen molar-refractivity contribution in [3.05, 3.63) is 78.4 Å². The van der Waals surface area contributed by atoms with Crippen LogP contribution in [0.5, 0.6) is 0 Å². The Bertz CT molecular complexity index is 1190. The smallest absolute Gasteiger partial charge is 0.253 e. The van der Waals surface area contributed by atoms with Crippen LogP contribution in [0.2, 0.25) is 0 Å². The lowest BCUT2D eigenvalue weighted by Gasteiger charge is -2.34. The van der Waals surface area contributed by atoms with E-state index in [1.54, 1.807) is 41.7 Å². The normalized spacial score (nSPS) is 15.0. The van der Waals surface area contributed by atoms with Crippen LogP contribution in [0, 0.1) is 11.3 Å². The summed E-state index contributed by atoms with van der Waals surface area (Å²) < 4.78 is 29.0. The van der Waals surface area contributed by atoms with Crippen molar-refractivity contribution in [3.8, 4) is 11.8 Å². The number of hydrogen-bond donors (Lipinski definition) is 0. The van der Waals surface area contributed by atoms with E-state index in [9.17, 15) is 18.5 Å². The van der Waals surface area contributed by atoms with Gasteiger partial charge in [0.15, 0.2) is 0 Å². The number of sulfonamides is 1. The van der Waals surface area contributed by atoms with Crippen LogP contribution in [-0.4, -0.2) is 59.3 Å². The quantitative estimate of drug-likeness (QED) is 0.641. The van der Waals surface area contributed by atoms with Gasteiger partial charge in [-0.15, -0.1) is 0 Å². The predicted octanol–water partition coefficient (Wildman–Crippen LogP) is 1.89. The van der Waals surface area contributed by atoms with Gasteiger partial charge in [0.2, 0.25) is 10.0 Å². The SMILES string of the molecule is N#Cc1ccccc1S(=O)(=O)N1CCN(C(=O)c2ccc(-n3ccnc3)cc2)CC1. The zero-order valence-corrected chi connectivity index (χ0v) is 16.9. The molecule has 1 amide bonds. The van der Waals surface area contributed by atoms with Crippen LogP contribution in [0.4, 0.5) is 0 Å². The second-order valence-corrected chi connectivity index (χ2v) is 8.73. The molecule has 9 heteroatoms. The topological polar surface area (TPSA) is 99.3 Å². The number of nitrogens with zero attached hydrogens (tertiary/aromatic N) is 5. The summed E-state index contributed by atoms with van der Waals surface area (Å²) in [7, 11) is -3.79. The zero-order valence-electron chi connectivity index (χ0n) is 16.0. The van der Waals surface area contributed by atoms with E-state index in [1.807, 2.05) is 29.0 Å². The first-order chi connectivity index (χ1) is 14.5. The third-order valence-corrected chi connectivity index (χ3v) is 7.02. The fraction of sp³-hybridized carbons (Fsp3) is 0.190. The van der Waals surface area contributed by atoms with Crippen molar-refractivity contribution in [2.24, 2.45) is 0 Å². The molecule has 0 radical (unpaired) electrons. The van der Waals surface area contributed by atoms with E-state index in [-0.39, 0.29) is 42.5 Å². The van der Waals surface area contributed by atoms with Crippen LogP contribution in [0.25, 0.3) is 5.69 Å². The molecule has 1 fully saturated rings. The Labute approximate surface area is 174 Å². The maximum Gasteiger partial charge on any atom is 0.253 e. The summed E-state index contributed by atoms with van der Waals surface area (Å²) in [6.07, 6.45) is 5.18. The minimum absolute atomic E-state index is 0.00219. The van der Waals surface area contributed by atoms with Crippen LogP contribution in [0.3, 0.4) is 0 Å². The van der Waals surface area contributed by atoms with Gasteiger partial charge in [0, 0.05) is 49.8 Å². The van der Waals surface area contributed by atoms with Gasteiger partial charge in [-0.3, -0.25) is 4.79 Å². The number of hydrogen-bond acceptors (Lipinski definition) is 5. The third-order valence-electron chi connectivity index (χ3n) is 5.07. The summed E-state index contributed by atoms with van der Waals surface area (Å²) in [6.45, 7) is 0.939. The number of imidazole rings is 1. The Hall–Kier alpha value is -3.48. The van der Waals surface area contributed by atoms with Gasteiger partial charge >= 0.3 is 0 Å². The van der Waals surface area contributed by atoms with Crippen molar-refractivity contribution in [2.45, 2.75) is 4.90 Å². The van der Waals surface area contributed by atoms with Crippen molar-refractivity contribution in [2.75, 3.05) is 26.2 Å². The first-order valence-electron chi connectivity index (χ1n) is 9.37. The Morgan fingerprint density at radius 1 is 1.00 bits per heavy atom. The van der Waals surface area contributed by atoms with Gasteiger partial charge in [-0.25, -0.2) is 13.4 Å². The highest BCUT2D eigenvalue weighted by Crippen LogP contribution is 2.21. The second-order valence-electron chi connectivity index (χ2n) is 6.82. The largest absolute Gasteiger partial charge is 0.336 e. The van der Waals surface area contributed by atoms with Crippen LogP contribution >= 0.6 is 0 Å². The fourth-order valence-corrected chi connectivity index (χ4v) is 4.99. The van der Waals surface area contributed by atoms with E-state index < -0.39 is 10.0 Å². The van der Waals surface area contributed by atoms with E-state index in [2.05, 4.69) is 4.98 Å². The highest BCUT2D eigenvalue weighted by molar-refractivity contribution is 7.89. The molecule has 0 saturated carbocycles. The highest BCUT2D eigenvalue weighted by Gasteiger charge is 2.31. The fourth-order valence-electron chi connectivity index (χ4n) is 3.43. The molecule has 1 aliphatic rings. The molecular formula is C21H19N5O3S. The van der Waals surface area contributed by atoms with Crippen LogP contribution in [-0.2, 0) is 10.0 Å². The molecule has 4 rings (SSSR count). The molecule has 1 aliphatic heterocycles. The first kappa shape index (κ1) is 19.8. The van der Waals surface area contributed by atoms with Crippen molar-refractivity contribution in [3.63, 3.8) is 0 Å². The molecular weight excluding hydrogens is 402 g/mol. The minimum Gasteiger partial charge on any atom is -0.336 e. The van der Waals surface area contributed by atoms with E-state index >= 15 is 0 Å². The predicted molar refractivity (Wildman–Crippen MR) is 109 cm³/mol. The van der Waals surface area contributed by atoms with Crippen molar-refractivity contribution in [1.29, 1.82) is 5.26 Å². The number of nitriles is 1. The molecule has 30 heavy (non-hydrogen) atoms. The molecule has 0 unspecified atom stereocenters. The van der Waals surface area contributed by atoms with Crippen molar-refractivity contribution < 1.29 is 13.2 Å². The number of benzene rings is 2. The highest BCUT2D eigenvalue weighted by atomic mass is 32.2. The third kappa shape index (κ3) is 3.70. The van der Waals surface area contributed by atoms with E-state index in [0.29, 0.717) is 5.56 Å². The molecule has 8 nitrogen and oxygen atoms in total. The molecule has 0 bridgehead atoms. The number of aromatic nitrogens is 2. The van der Waals surface area contributed by atoms with Crippen LogP contribution in [0.15, 0.2) is 72.1 Å². The van der Waals surface area contributed by atoms with Crippen LogP contribution < -0.4 is 0 Å². The van der Waals surface area contributed by atoms with Gasteiger partial charge in [0.1, 0.15) is 6.07 Å². The monoisotopic (exact) mass is 421 g/mol. The molecule has 1 saturated heterocycles. The molecule has 2 aromatic carbocycles. The minimum atomic E-state index is -3.79. The molecule has 0 N–H and O–H groups in total. The standard InChI is InChI=1S/C21H19N5O3S/c22-15-18-3-1-2-4-20(18)30(28,29)26-13-11-24(12-14-26)21(27)17-5-7-19(8-6-17)25-10-9-23-16-25/h1-10,16H,11-14H2. The second kappa shape index (κ2) is 8.10. The molecule has 3 aromatic rings. The Morgan fingerprint density at radius 3 is 2.33 bits per heavy atom. The summed E-state index contributed by atoms with van der Waals surface area (Å²) in [5.41, 5.74) is 1.56. The van der Waals surface area contributed by atoms with Crippen molar-refractivity contribution in [1.82, 2.24) is 18.8 Å². The summed E-state index contributed by atoms with van der Waals surface area (Å²) in [5, 5.41) is 9.21. The summed E-state index contributed by atoms with van der Waals surface area (Å²) in [4.78, 5) is 18.5. The molecule has 0 spiro atoms. The number of amides is 1. The van der Waals surface area contributed by atoms with Gasteiger partial charge in [-0.2, -0.15) is 9.57 Å². The molecule has 0 aliphatic carbocycles. The summed E-state index contributed by atoms with van der Waals surface area (Å²) >= 11 is 0. The zero-order chi connectivity index (χ0) is 21.1. The molecule has 152 valence electrons. The number of carbonyl (C=O) groups excluding carboxylic acids is 1. The number of carbonyl (C=O) groups is 1. The van der Waals surface area contributed by atoms with E-state index in [0.717, 1.165) is 5.69 Å². The van der Waals surface area contributed by atoms with Gasteiger partial charge in [-0.05, 0) is 36.4 Å². The molecule has 0 atom stereocenters. The first-order valence-corrected chi connectivity index (χ1v) is 10.8. The lowest BCUT2D eigenvalue weighted by molar-refractivity contribution is 0.0698. The van der Waals surface area contributed by atoms with Gasteiger partial charge in [0.25, 0.3) is 5.91 Å². The Kier molecular flexibility index (Phi) is 5.35. The molecule has 1 aromatic heterocycles. The number of rotatable bonds is 4. The van der Waals surface area contributed by atoms with E-state index in [4.69, 9.17) is 0 Å². The van der Waals surface area contributed by atoms with Gasteiger partial charge < -0.3 is 9.47 Å². The number of piperazine rings is 1. The Balaban J connectivity index is 1.44. The van der Waals surface area contributed by atoms with E-state index in [1.165, 1.54) is 16.4 Å². The maximum atomic E-state index is 12.9.